The minimum atomic E-state index is -4.89. The molecule has 0 aliphatic rings. The van der Waals surface area contributed by atoms with Crippen LogP contribution in [-0.4, -0.2) is 27.4 Å². The number of hydrogen-bond acceptors (Lipinski definition) is 0. The summed E-state index contributed by atoms with van der Waals surface area (Å²) in [5.74, 6) is 0. The molecule has 0 saturated carbocycles. The van der Waals surface area contributed by atoms with Crippen molar-refractivity contribution in [3.8, 4) is 45.3 Å². The van der Waals surface area contributed by atoms with Crippen molar-refractivity contribution in [3.63, 3.8) is 0 Å². The Morgan fingerprint density at radius 1 is 0.235 bits per heavy atom. The number of benzene rings is 14. The highest BCUT2D eigenvalue weighted by molar-refractivity contribution is 6.18. The Morgan fingerprint density at radius 3 is 0.755 bits per heavy atom. The maximum atomic E-state index is 15.8. The van der Waals surface area contributed by atoms with Crippen LogP contribution < -0.4 is 0 Å². The van der Waals surface area contributed by atoms with Gasteiger partial charge in [0.2, 0.25) is 0 Å². The fraction of sp³-hybridized carbons (Fsp3) is 0.0115. The molecule has 0 N–H and O–H groups in total. The van der Waals surface area contributed by atoms with E-state index in [-0.39, 0.29) is 22.5 Å². The Balaban J connectivity index is 0.934. The van der Waals surface area contributed by atoms with Gasteiger partial charge in [0.25, 0.3) is 0 Å². The zero-order valence-corrected chi connectivity index (χ0v) is 52.0. The van der Waals surface area contributed by atoms with Crippen molar-refractivity contribution < 1.29 is 13.2 Å². The van der Waals surface area contributed by atoms with Crippen LogP contribution in [0.2, 0.25) is 0 Å². The number of para-hydroxylation sites is 8. The van der Waals surface area contributed by atoms with E-state index in [9.17, 15) is 0 Å². The molecule has 14 aromatic carbocycles. The van der Waals surface area contributed by atoms with Crippen molar-refractivity contribution in [1.82, 2.24) is 27.4 Å². The second-order valence-corrected chi connectivity index (χ2v) is 25.2. The minimum absolute atomic E-state index is 0.0143. The van der Waals surface area contributed by atoms with Gasteiger partial charge in [0.05, 0.1) is 96.3 Å². The fourth-order valence-electron chi connectivity index (χ4n) is 16.2. The first kappa shape index (κ1) is 55.1. The molecule has 0 atom stereocenters. The molecule has 0 radical (unpaired) electrons. The zero-order valence-electron chi connectivity index (χ0n) is 52.0. The molecule has 0 saturated heterocycles. The highest BCUT2D eigenvalue weighted by Gasteiger charge is 2.36. The number of alkyl halides is 3. The lowest BCUT2D eigenvalue weighted by Crippen LogP contribution is -2.08. The Labute approximate surface area is 556 Å². The predicted octanol–water partition coefficient (Wildman–Crippen LogP) is 24.1. The molecule has 0 bridgehead atoms. The summed E-state index contributed by atoms with van der Waals surface area (Å²) in [4.78, 5) is 7.92. The van der Waals surface area contributed by atoms with Gasteiger partial charge in [-0.1, -0.05) is 164 Å². The molecule has 6 heterocycles. The summed E-state index contributed by atoms with van der Waals surface area (Å²) < 4.78 is 61.1. The van der Waals surface area contributed by atoms with E-state index < -0.39 is 11.7 Å². The third kappa shape index (κ3) is 7.75. The van der Waals surface area contributed by atoms with E-state index in [2.05, 4.69) is 304 Å². The molecule has 8 nitrogen and oxygen atoms in total. The van der Waals surface area contributed by atoms with Crippen LogP contribution in [-0.2, 0) is 6.18 Å². The lowest BCUT2D eigenvalue weighted by atomic mass is 9.94. The summed E-state index contributed by atoms with van der Waals surface area (Å²) in [7, 11) is 0. The standard InChI is InChI=1S/C87H49F3N8/c1-91-70-29-19-28-69(87(88,89)90)86(70)68-50-84(97-80-42-38-52(93-72-30-11-3-20-56(72)57-21-4-12-31-73(57)93)46-64(80)65-47-53(39-43-81(65)97)94-74-32-13-5-22-58(74)59-23-6-14-33-75(59)94)85(51-71(68)92-2)98-82-44-40-54(95-76-34-15-7-24-60(76)61-25-8-16-35-77(61)95)48-66(82)67-49-55(41-45-83(67)98)96-78-36-17-9-26-62(78)63-27-10-18-37-79(63)96/h3-51H. The van der Waals surface area contributed by atoms with Crippen molar-refractivity contribution in [2.24, 2.45) is 0 Å². The Hall–Kier alpha value is -13.4. The van der Waals surface area contributed by atoms with Crippen LogP contribution in [0, 0.1) is 13.1 Å². The van der Waals surface area contributed by atoms with Gasteiger partial charge in [0.1, 0.15) is 0 Å². The van der Waals surface area contributed by atoms with E-state index in [0.717, 1.165) is 160 Å². The fourth-order valence-corrected chi connectivity index (χ4v) is 16.2. The molecule has 98 heavy (non-hydrogen) atoms. The maximum absolute atomic E-state index is 15.8. The number of hydrogen-bond donors (Lipinski definition) is 0. The van der Waals surface area contributed by atoms with Crippen LogP contribution in [0.5, 0.6) is 0 Å². The van der Waals surface area contributed by atoms with Crippen LogP contribution in [0.25, 0.3) is 186 Å². The SMILES string of the molecule is [C-]#[N+]c1cc(-n2c3ccc(-n4c5ccccc5c5ccccc54)cc3c3cc(-n4c5ccccc5c5ccccc54)ccc32)c(-n2c3ccc(-n4c5ccccc5c5ccccc54)cc3c3cc(-n4c5ccccc5c5ccccc54)ccc32)cc1-c1c([N+]#[C-])cccc1C(F)(F)F. The number of aromatic nitrogens is 6. The van der Waals surface area contributed by atoms with Crippen molar-refractivity contribution >= 4 is 142 Å². The van der Waals surface area contributed by atoms with Crippen LogP contribution in [0.3, 0.4) is 0 Å². The molecule has 0 fully saturated rings. The van der Waals surface area contributed by atoms with Gasteiger partial charge < -0.3 is 27.4 Å². The first-order valence-corrected chi connectivity index (χ1v) is 32.5. The number of halogens is 3. The highest BCUT2D eigenvalue weighted by Crippen LogP contribution is 2.51. The van der Waals surface area contributed by atoms with Crippen molar-refractivity contribution in [1.29, 1.82) is 0 Å². The first-order chi connectivity index (χ1) is 48.2. The number of nitrogens with zero attached hydrogens (tertiary/aromatic N) is 8. The van der Waals surface area contributed by atoms with Gasteiger partial charge in [-0.25, -0.2) is 9.69 Å². The second kappa shape index (κ2) is 20.6. The normalized spacial score (nSPS) is 12.2. The molecule has 20 aromatic rings. The minimum Gasteiger partial charge on any atom is -0.309 e. The van der Waals surface area contributed by atoms with E-state index in [4.69, 9.17) is 13.1 Å². The summed E-state index contributed by atoms with van der Waals surface area (Å²) in [5.41, 5.74) is 14.6. The zero-order chi connectivity index (χ0) is 65.2. The summed E-state index contributed by atoms with van der Waals surface area (Å²) in [6.45, 7) is 17.5. The average molecular weight is 1260 g/mol. The average Bonchev–Trinajstić information content (AvgIpc) is 1.54. The Morgan fingerprint density at radius 2 is 0.490 bits per heavy atom. The number of fused-ring (bicyclic) bond motifs is 18. The highest BCUT2D eigenvalue weighted by atomic mass is 19.4. The summed E-state index contributed by atoms with van der Waals surface area (Å²) in [6, 6.07) is 101. The van der Waals surface area contributed by atoms with Gasteiger partial charge in [0.15, 0.2) is 11.4 Å². The van der Waals surface area contributed by atoms with E-state index in [1.54, 1.807) is 12.1 Å². The van der Waals surface area contributed by atoms with Gasteiger partial charge in [-0.15, -0.1) is 0 Å². The van der Waals surface area contributed by atoms with Gasteiger partial charge in [-0.2, -0.15) is 13.2 Å². The van der Waals surface area contributed by atoms with Crippen LogP contribution in [0.4, 0.5) is 24.5 Å². The molecule has 0 amide bonds. The smallest absolute Gasteiger partial charge is 0.309 e. The Kier molecular flexibility index (Phi) is 11.6. The molecule has 0 spiro atoms. The molecule has 11 heteroatoms. The molecular weight excluding hydrogens is 1210 g/mol. The quantitative estimate of drug-likeness (QED) is 0.143. The van der Waals surface area contributed by atoms with E-state index in [1.165, 1.54) is 12.1 Å². The van der Waals surface area contributed by atoms with Crippen LogP contribution in [0.1, 0.15) is 5.56 Å². The molecule has 0 aliphatic heterocycles. The van der Waals surface area contributed by atoms with Crippen molar-refractivity contribution in [3.05, 3.63) is 326 Å². The van der Waals surface area contributed by atoms with E-state index in [1.807, 2.05) is 0 Å². The molecule has 0 aliphatic carbocycles. The largest absolute Gasteiger partial charge is 0.415 e. The lowest BCUT2D eigenvalue weighted by Gasteiger charge is -2.22. The molecule has 20 rings (SSSR count). The summed E-state index contributed by atoms with van der Waals surface area (Å²) in [6.07, 6.45) is -4.89. The topological polar surface area (TPSA) is 38.3 Å². The van der Waals surface area contributed by atoms with E-state index in [0.29, 0.717) is 11.4 Å². The molecule has 0 unspecified atom stereocenters. The maximum Gasteiger partial charge on any atom is 0.415 e. The summed E-state index contributed by atoms with van der Waals surface area (Å²) in [5, 5.41) is 12.6. The third-order valence-electron chi connectivity index (χ3n) is 20.3. The predicted molar refractivity (Wildman–Crippen MR) is 395 cm³/mol. The Bertz CT molecular complexity index is 6410. The van der Waals surface area contributed by atoms with Crippen molar-refractivity contribution in [2.45, 2.75) is 6.18 Å². The molecular formula is C87H49F3N8. The molecule has 458 valence electrons. The molecule has 6 aromatic heterocycles. The van der Waals surface area contributed by atoms with Gasteiger partial charge in [0, 0.05) is 87.4 Å². The number of rotatable bonds is 7. The van der Waals surface area contributed by atoms with Crippen molar-refractivity contribution in [2.75, 3.05) is 0 Å². The second-order valence-electron chi connectivity index (χ2n) is 25.2. The third-order valence-corrected chi connectivity index (χ3v) is 20.3. The van der Waals surface area contributed by atoms with Crippen LogP contribution >= 0.6 is 0 Å². The van der Waals surface area contributed by atoms with Gasteiger partial charge in [-0.05, 0) is 145 Å². The van der Waals surface area contributed by atoms with Gasteiger partial charge in [-0.3, -0.25) is 0 Å². The summed E-state index contributed by atoms with van der Waals surface area (Å²) >= 11 is 0. The lowest BCUT2D eigenvalue weighted by molar-refractivity contribution is -0.137. The monoisotopic (exact) mass is 1260 g/mol. The first-order valence-electron chi connectivity index (χ1n) is 32.5. The van der Waals surface area contributed by atoms with E-state index >= 15 is 13.2 Å². The van der Waals surface area contributed by atoms with Gasteiger partial charge >= 0.3 is 6.18 Å². The van der Waals surface area contributed by atoms with Crippen LogP contribution in [0.15, 0.2) is 297 Å².